The predicted octanol–water partition coefficient (Wildman–Crippen LogP) is 7.79. The molecule has 4 aromatic carbocycles. The first-order valence-corrected chi connectivity index (χ1v) is 12.4. The van der Waals surface area contributed by atoms with Crippen LogP contribution in [0.4, 0.5) is 0 Å². The van der Waals surface area contributed by atoms with Gasteiger partial charge in [0, 0.05) is 17.0 Å². The molecule has 1 atom stereocenters. The number of rotatable bonds is 3. The molecule has 4 heteroatoms. The number of ether oxygens (including phenoxy) is 3. The van der Waals surface area contributed by atoms with Crippen LogP contribution < -0.4 is 9.47 Å². The minimum absolute atomic E-state index is 0.185. The molecule has 0 saturated carbocycles. The summed E-state index contributed by atoms with van der Waals surface area (Å²) in [4.78, 5) is 0. The molecule has 1 heterocycles. The fourth-order valence-electron chi connectivity index (χ4n) is 4.70. The van der Waals surface area contributed by atoms with Crippen LogP contribution in [-0.2, 0) is 17.6 Å². The molecule has 6 rings (SSSR count). The molecule has 1 aliphatic carbocycles. The zero-order valence-electron chi connectivity index (χ0n) is 19.2. The molecule has 1 unspecified atom stereocenters. The van der Waals surface area contributed by atoms with Crippen molar-refractivity contribution < 1.29 is 14.2 Å². The van der Waals surface area contributed by atoms with Crippen molar-refractivity contribution in [3.05, 3.63) is 107 Å². The molecule has 172 valence electrons. The third-order valence-electron chi connectivity index (χ3n) is 6.30. The van der Waals surface area contributed by atoms with Crippen LogP contribution in [0, 0.1) is 0 Å². The summed E-state index contributed by atoms with van der Waals surface area (Å²) < 4.78 is 17.4. The highest BCUT2D eigenvalue weighted by atomic mass is 79.9. The third kappa shape index (κ3) is 4.97. The zero-order valence-corrected chi connectivity index (χ0v) is 20.8. The Kier molecular flexibility index (Phi) is 6.87. The summed E-state index contributed by atoms with van der Waals surface area (Å²) in [5, 5.41) is 5.38. The van der Waals surface area contributed by atoms with Gasteiger partial charge in [-0.1, -0.05) is 70.5 Å². The Morgan fingerprint density at radius 2 is 1.74 bits per heavy atom. The van der Waals surface area contributed by atoms with E-state index in [4.69, 9.17) is 14.2 Å². The van der Waals surface area contributed by atoms with Gasteiger partial charge < -0.3 is 14.2 Å². The Bertz CT molecular complexity index is 1360. The van der Waals surface area contributed by atoms with Crippen LogP contribution >= 0.6 is 15.9 Å². The molecule has 0 fully saturated rings. The van der Waals surface area contributed by atoms with Crippen LogP contribution in [0.15, 0.2) is 95.7 Å². The van der Waals surface area contributed by atoms with E-state index in [2.05, 4.69) is 64.5 Å². The highest BCUT2D eigenvalue weighted by Crippen LogP contribution is 2.35. The average Bonchev–Trinajstić information content (AvgIpc) is 2.89. The van der Waals surface area contributed by atoms with Gasteiger partial charge in [-0.05, 0) is 69.8 Å². The number of benzene rings is 4. The quantitative estimate of drug-likeness (QED) is 0.261. The van der Waals surface area contributed by atoms with E-state index in [1.807, 2.05) is 36.4 Å². The predicted molar refractivity (Wildman–Crippen MR) is 143 cm³/mol. The topological polar surface area (TPSA) is 27.7 Å². The molecule has 0 spiro atoms. The lowest BCUT2D eigenvalue weighted by Gasteiger charge is -2.27. The van der Waals surface area contributed by atoms with Crippen LogP contribution in [0.2, 0.25) is 0 Å². The molecule has 0 radical (unpaired) electrons. The van der Waals surface area contributed by atoms with Gasteiger partial charge in [0.05, 0.1) is 13.4 Å². The van der Waals surface area contributed by atoms with E-state index in [-0.39, 0.29) is 6.10 Å². The lowest BCUT2D eigenvalue weighted by atomic mass is 9.85. The van der Waals surface area contributed by atoms with Gasteiger partial charge in [-0.3, -0.25) is 0 Å². The van der Waals surface area contributed by atoms with Crippen molar-refractivity contribution in [3.8, 4) is 11.5 Å². The number of methoxy groups -OCH3 is 1. The molecular formula is C30H27BrO3. The van der Waals surface area contributed by atoms with Crippen LogP contribution in [0.25, 0.3) is 21.5 Å². The number of fused-ring (bicyclic) bond motifs is 5. The van der Waals surface area contributed by atoms with Crippen molar-refractivity contribution in [2.75, 3.05) is 13.7 Å². The first kappa shape index (κ1) is 22.5. The summed E-state index contributed by atoms with van der Waals surface area (Å²) in [7, 11) is 1.68. The molecule has 0 aromatic heterocycles. The monoisotopic (exact) mass is 514 g/mol. The van der Waals surface area contributed by atoms with Gasteiger partial charge in [0.1, 0.15) is 24.2 Å². The summed E-state index contributed by atoms with van der Waals surface area (Å²) in [6.45, 7) is 0.733. The van der Waals surface area contributed by atoms with Crippen molar-refractivity contribution in [3.63, 3.8) is 0 Å². The van der Waals surface area contributed by atoms with Crippen molar-refractivity contribution in [2.45, 2.75) is 25.4 Å². The van der Waals surface area contributed by atoms with E-state index in [9.17, 15) is 0 Å². The maximum absolute atomic E-state index is 6.31. The molecule has 34 heavy (non-hydrogen) atoms. The van der Waals surface area contributed by atoms with E-state index in [0.29, 0.717) is 0 Å². The highest BCUT2D eigenvalue weighted by molar-refractivity contribution is 9.10. The number of hydrogen-bond donors (Lipinski definition) is 0. The van der Waals surface area contributed by atoms with E-state index in [1.54, 1.807) is 13.4 Å². The molecule has 4 aromatic rings. The fourth-order valence-corrected chi connectivity index (χ4v) is 5.15. The Hall–Kier alpha value is -3.24. The van der Waals surface area contributed by atoms with Crippen LogP contribution in [0.1, 0.15) is 17.5 Å². The molecule has 3 nitrogen and oxygen atoms in total. The summed E-state index contributed by atoms with van der Waals surface area (Å²) in [6, 6.07) is 23.6. The molecular weight excluding hydrogens is 488 g/mol. The van der Waals surface area contributed by atoms with Crippen molar-refractivity contribution in [1.82, 2.24) is 0 Å². The largest absolute Gasteiger partial charge is 0.497 e. The smallest absolute Gasteiger partial charge is 0.124 e. The van der Waals surface area contributed by atoms with Crippen LogP contribution in [-0.4, -0.2) is 19.8 Å². The van der Waals surface area contributed by atoms with Crippen molar-refractivity contribution in [2.24, 2.45) is 0 Å². The number of allylic oxidation sites excluding steroid dienone is 2. The van der Waals surface area contributed by atoms with Crippen LogP contribution in [0.5, 0.6) is 11.5 Å². The van der Waals surface area contributed by atoms with Gasteiger partial charge in [0.2, 0.25) is 0 Å². The van der Waals surface area contributed by atoms with Crippen molar-refractivity contribution >= 4 is 37.5 Å². The maximum atomic E-state index is 6.31. The first-order valence-electron chi connectivity index (χ1n) is 11.6. The van der Waals surface area contributed by atoms with E-state index >= 15 is 0 Å². The van der Waals surface area contributed by atoms with Gasteiger partial charge >= 0.3 is 0 Å². The van der Waals surface area contributed by atoms with Gasteiger partial charge in [-0.2, -0.15) is 0 Å². The summed E-state index contributed by atoms with van der Waals surface area (Å²) >= 11 is 3.53. The molecule has 0 N–H and O–H groups in total. The van der Waals surface area contributed by atoms with Gasteiger partial charge in [0.15, 0.2) is 0 Å². The third-order valence-corrected chi connectivity index (χ3v) is 6.75. The molecule has 0 bridgehead atoms. The molecule has 1 aliphatic heterocycles. The Labute approximate surface area is 208 Å². The molecule has 0 saturated heterocycles. The standard InChI is InChI=1S/C25H21BrO2.C5H6O/c1-27-20-13-18(26)14-21(15-20)28-19-8-11-23-17(12-19)7-10-24-22-5-3-2-4-16(22)6-9-25(23)24;1-2-4-6-5-3-1/h2-7,9-10,13-15,19H,8,11-12H2,1H3;1-4H,5H2. The maximum Gasteiger partial charge on any atom is 0.124 e. The van der Waals surface area contributed by atoms with E-state index in [1.165, 1.54) is 32.7 Å². The van der Waals surface area contributed by atoms with E-state index < -0.39 is 0 Å². The Morgan fingerprint density at radius 3 is 2.50 bits per heavy atom. The second-order valence-corrected chi connectivity index (χ2v) is 9.40. The minimum Gasteiger partial charge on any atom is -0.497 e. The normalized spacial score (nSPS) is 16.4. The summed E-state index contributed by atoms with van der Waals surface area (Å²) in [6.07, 6.45) is 10.7. The molecule has 2 aliphatic rings. The fraction of sp³-hybridized carbons (Fsp3) is 0.200. The SMILES string of the molecule is C1=CCOC=C1.COc1cc(Br)cc(OC2CCc3c(ccc4c3ccc3ccccc34)C2)c1. The Balaban J connectivity index is 0.000000351. The van der Waals surface area contributed by atoms with E-state index in [0.717, 1.165) is 41.8 Å². The summed E-state index contributed by atoms with van der Waals surface area (Å²) in [5.74, 6) is 1.66. The first-order chi connectivity index (χ1) is 16.7. The lowest BCUT2D eigenvalue weighted by Crippen LogP contribution is -2.25. The minimum atomic E-state index is 0.185. The number of hydrogen-bond acceptors (Lipinski definition) is 3. The van der Waals surface area contributed by atoms with Gasteiger partial charge in [-0.25, -0.2) is 0 Å². The van der Waals surface area contributed by atoms with Crippen LogP contribution in [0.3, 0.4) is 0 Å². The second kappa shape index (κ2) is 10.4. The van der Waals surface area contributed by atoms with Gasteiger partial charge in [0.25, 0.3) is 0 Å². The van der Waals surface area contributed by atoms with Crippen molar-refractivity contribution in [1.29, 1.82) is 0 Å². The highest BCUT2D eigenvalue weighted by Gasteiger charge is 2.22. The lowest BCUT2D eigenvalue weighted by molar-refractivity contribution is 0.184. The number of halogens is 1. The number of aryl methyl sites for hydroxylation is 1. The average molecular weight is 515 g/mol. The second-order valence-electron chi connectivity index (χ2n) is 8.48. The zero-order chi connectivity index (χ0) is 23.3. The summed E-state index contributed by atoms with van der Waals surface area (Å²) in [5.41, 5.74) is 2.89. The Morgan fingerprint density at radius 1 is 0.882 bits per heavy atom. The van der Waals surface area contributed by atoms with Gasteiger partial charge in [-0.15, -0.1) is 0 Å². The molecule has 0 amide bonds.